The quantitative estimate of drug-likeness (QED) is 0.684. The summed E-state index contributed by atoms with van der Waals surface area (Å²) in [5.74, 6) is -0.733. The zero-order valence-corrected chi connectivity index (χ0v) is 16.0. The van der Waals surface area contributed by atoms with Gasteiger partial charge >= 0.3 is 18.0 Å². The molecule has 1 aliphatic rings. The van der Waals surface area contributed by atoms with E-state index < -0.39 is 24.0 Å². The minimum absolute atomic E-state index is 0.181. The molecule has 2 rings (SSSR count). The van der Waals surface area contributed by atoms with Gasteiger partial charge in [0.25, 0.3) is 0 Å². The van der Waals surface area contributed by atoms with Gasteiger partial charge in [-0.05, 0) is 44.5 Å². The number of hydrogen-bond acceptors (Lipinski definition) is 6. The summed E-state index contributed by atoms with van der Waals surface area (Å²) in [4.78, 5) is 35.7. The molecule has 0 aromatic heterocycles. The summed E-state index contributed by atoms with van der Waals surface area (Å²) in [7, 11) is 0. The fourth-order valence-corrected chi connectivity index (χ4v) is 2.73. The fourth-order valence-electron chi connectivity index (χ4n) is 2.50. The largest absolute Gasteiger partial charge is 0.482 e. The van der Waals surface area contributed by atoms with Crippen molar-refractivity contribution in [3.63, 3.8) is 0 Å². The molecule has 0 unspecified atom stereocenters. The molecule has 1 aromatic rings. The van der Waals surface area contributed by atoms with E-state index in [-0.39, 0.29) is 31.1 Å². The van der Waals surface area contributed by atoms with Crippen LogP contribution in [0.15, 0.2) is 29.5 Å². The number of nitrogens with one attached hydrogen (secondary N) is 2. The third-order valence-corrected chi connectivity index (χ3v) is 3.96. The van der Waals surface area contributed by atoms with E-state index in [9.17, 15) is 14.4 Å². The standard InChI is InChI=1S/C18H21ClN2O6/c1-4-25-17(23)16-11(3)20-18(24)21-13(16)8-27-15(22)9-26-14-6-5-12(19)7-10(14)2/h5-7,11H,4,8-9H2,1-3H3,(H2,20,21,24)/t11-/m0/s1. The number of urea groups is 1. The lowest BCUT2D eigenvalue weighted by molar-refractivity contribution is -0.145. The van der Waals surface area contributed by atoms with Gasteiger partial charge in [0.2, 0.25) is 0 Å². The molecule has 1 atom stereocenters. The molecule has 0 fully saturated rings. The normalized spacial score (nSPS) is 16.3. The first-order valence-corrected chi connectivity index (χ1v) is 8.71. The first-order valence-electron chi connectivity index (χ1n) is 8.34. The number of esters is 2. The van der Waals surface area contributed by atoms with Crippen LogP contribution in [0.4, 0.5) is 4.79 Å². The van der Waals surface area contributed by atoms with Gasteiger partial charge in [0.05, 0.1) is 23.9 Å². The minimum Gasteiger partial charge on any atom is -0.482 e. The highest BCUT2D eigenvalue weighted by molar-refractivity contribution is 6.30. The molecule has 0 bridgehead atoms. The maximum absolute atomic E-state index is 12.1. The van der Waals surface area contributed by atoms with E-state index in [0.717, 1.165) is 5.56 Å². The van der Waals surface area contributed by atoms with Crippen LogP contribution < -0.4 is 15.4 Å². The van der Waals surface area contributed by atoms with Gasteiger partial charge < -0.3 is 24.8 Å². The van der Waals surface area contributed by atoms with Crippen LogP contribution in [0, 0.1) is 6.92 Å². The Morgan fingerprint density at radius 2 is 2.00 bits per heavy atom. The molecule has 1 heterocycles. The third kappa shape index (κ3) is 5.62. The van der Waals surface area contributed by atoms with Crippen LogP contribution in [-0.4, -0.2) is 43.8 Å². The monoisotopic (exact) mass is 396 g/mol. The molecule has 2 amide bonds. The van der Waals surface area contributed by atoms with Crippen molar-refractivity contribution in [3.8, 4) is 5.75 Å². The second kappa shape index (κ2) is 9.27. The van der Waals surface area contributed by atoms with Gasteiger partial charge in [-0.2, -0.15) is 0 Å². The van der Waals surface area contributed by atoms with Crippen molar-refractivity contribution in [2.45, 2.75) is 26.8 Å². The van der Waals surface area contributed by atoms with Crippen LogP contribution in [0.25, 0.3) is 0 Å². The van der Waals surface area contributed by atoms with Crippen molar-refractivity contribution in [2.75, 3.05) is 19.8 Å². The van der Waals surface area contributed by atoms with Gasteiger partial charge in [-0.3, -0.25) is 0 Å². The van der Waals surface area contributed by atoms with Gasteiger partial charge in [-0.1, -0.05) is 11.6 Å². The molecular formula is C18H21ClN2O6. The molecule has 0 saturated carbocycles. The molecule has 8 nitrogen and oxygen atoms in total. The smallest absolute Gasteiger partial charge is 0.344 e. The highest BCUT2D eigenvalue weighted by atomic mass is 35.5. The highest BCUT2D eigenvalue weighted by Gasteiger charge is 2.30. The summed E-state index contributed by atoms with van der Waals surface area (Å²) in [5.41, 5.74) is 1.17. The number of aryl methyl sites for hydroxylation is 1. The molecule has 1 aliphatic heterocycles. The molecule has 2 N–H and O–H groups in total. The van der Waals surface area contributed by atoms with Crippen molar-refractivity contribution in [3.05, 3.63) is 40.1 Å². The molecule has 146 valence electrons. The Bertz CT molecular complexity index is 777. The van der Waals surface area contributed by atoms with Crippen LogP contribution >= 0.6 is 11.6 Å². The molecule has 1 aromatic carbocycles. The van der Waals surface area contributed by atoms with Gasteiger partial charge in [-0.15, -0.1) is 0 Å². The van der Waals surface area contributed by atoms with Crippen LogP contribution in [0.3, 0.4) is 0 Å². The van der Waals surface area contributed by atoms with Crippen LogP contribution in [0.5, 0.6) is 5.75 Å². The van der Waals surface area contributed by atoms with Crippen LogP contribution in [-0.2, 0) is 19.1 Å². The minimum atomic E-state index is -0.652. The number of halogens is 1. The van der Waals surface area contributed by atoms with Gasteiger partial charge in [0.1, 0.15) is 12.4 Å². The second-order valence-corrected chi connectivity index (χ2v) is 6.23. The summed E-state index contributed by atoms with van der Waals surface area (Å²) in [6.45, 7) is 4.69. The van der Waals surface area contributed by atoms with Crippen molar-refractivity contribution >= 4 is 29.6 Å². The summed E-state index contributed by atoms with van der Waals surface area (Å²) < 4.78 is 15.5. The summed E-state index contributed by atoms with van der Waals surface area (Å²) in [5, 5.41) is 5.60. The predicted molar refractivity (Wildman–Crippen MR) is 97.4 cm³/mol. The number of rotatable bonds is 7. The lowest BCUT2D eigenvalue weighted by Gasteiger charge is -2.26. The van der Waals surface area contributed by atoms with Gasteiger partial charge in [0, 0.05) is 5.02 Å². The Morgan fingerprint density at radius 1 is 1.26 bits per heavy atom. The third-order valence-electron chi connectivity index (χ3n) is 3.73. The molecule has 9 heteroatoms. The van der Waals surface area contributed by atoms with E-state index in [0.29, 0.717) is 10.8 Å². The topological polar surface area (TPSA) is 103 Å². The molecular weight excluding hydrogens is 376 g/mol. The summed E-state index contributed by atoms with van der Waals surface area (Å²) >= 11 is 5.87. The number of amides is 2. The Hall–Kier alpha value is -2.74. The zero-order valence-electron chi connectivity index (χ0n) is 15.3. The lowest BCUT2D eigenvalue weighted by atomic mass is 10.0. The SMILES string of the molecule is CCOC(=O)C1=C(COC(=O)COc2ccc(Cl)cc2C)NC(=O)N[C@H]1C. The van der Waals surface area contributed by atoms with Crippen molar-refractivity contribution in [1.29, 1.82) is 0 Å². The lowest BCUT2D eigenvalue weighted by Crippen LogP contribution is -2.50. The maximum Gasteiger partial charge on any atom is 0.344 e. The van der Waals surface area contributed by atoms with Crippen molar-refractivity contribution in [1.82, 2.24) is 10.6 Å². The molecule has 0 radical (unpaired) electrons. The number of carbonyl (C=O) groups is 3. The van der Waals surface area contributed by atoms with Gasteiger partial charge in [0.15, 0.2) is 6.61 Å². The fraction of sp³-hybridized carbons (Fsp3) is 0.389. The van der Waals surface area contributed by atoms with E-state index in [2.05, 4.69) is 10.6 Å². The molecule has 27 heavy (non-hydrogen) atoms. The van der Waals surface area contributed by atoms with E-state index >= 15 is 0 Å². The van der Waals surface area contributed by atoms with Crippen molar-refractivity contribution in [2.24, 2.45) is 0 Å². The van der Waals surface area contributed by atoms with E-state index in [4.69, 9.17) is 25.8 Å². The zero-order chi connectivity index (χ0) is 20.0. The number of carbonyl (C=O) groups excluding carboxylic acids is 3. The Kier molecular flexibility index (Phi) is 7.06. The molecule has 0 aliphatic carbocycles. The van der Waals surface area contributed by atoms with Gasteiger partial charge in [-0.25, -0.2) is 14.4 Å². The second-order valence-electron chi connectivity index (χ2n) is 5.79. The maximum atomic E-state index is 12.1. The van der Waals surface area contributed by atoms with E-state index in [1.54, 1.807) is 39.0 Å². The Balaban J connectivity index is 1.99. The summed E-state index contributed by atoms with van der Waals surface area (Å²) in [6, 6.07) is 3.96. The van der Waals surface area contributed by atoms with E-state index in [1.165, 1.54) is 0 Å². The number of benzene rings is 1. The number of ether oxygens (including phenoxy) is 3. The van der Waals surface area contributed by atoms with Crippen molar-refractivity contribution < 1.29 is 28.6 Å². The number of hydrogen-bond donors (Lipinski definition) is 2. The molecule has 0 spiro atoms. The predicted octanol–water partition coefficient (Wildman–Crippen LogP) is 2.09. The van der Waals surface area contributed by atoms with Crippen LogP contribution in [0.1, 0.15) is 19.4 Å². The average Bonchev–Trinajstić information content (AvgIpc) is 2.58. The molecule has 0 saturated heterocycles. The van der Waals surface area contributed by atoms with E-state index in [1.807, 2.05) is 0 Å². The first-order chi connectivity index (χ1) is 12.8. The average molecular weight is 397 g/mol. The Labute approximate surface area is 161 Å². The van der Waals surface area contributed by atoms with Crippen LogP contribution in [0.2, 0.25) is 5.02 Å². The first kappa shape index (κ1) is 20.6. The highest BCUT2D eigenvalue weighted by Crippen LogP contribution is 2.21. The summed E-state index contributed by atoms with van der Waals surface area (Å²) in [6.07, 6.45) is 0. The Morgan fingerprint density at radius 3 is 2.67 bits per heavy atom.